The monoisotopic (exact) mass is 604 g/mol. The maximum absolute atomic E-state index is 13.8. The fourth-order valence-corrected chi connectivity index (χ4v) is 5.71. The Hall–Kier alpha value is -4.18. The van der Waals surface area contributed by atoms with Crippen LogP contribution in [0.15, 0.2) is 93.9 Å². The van der Waals surface area contributed by atoms with E-state index in [1.54, 1.807) is 42.9 Å². The normalized spacial score (nSPS) is 14.8. The van der Waals surface area contributed by atoms with Gasteiger partial charge in [0, 0.05) is 12.1 Å². The minimum absolute atomic E-state index is 0.0870. The molecule has 2 heterocycles. The molecule has 8 nitrogen and oxygen atoms in total. The number of carbonyl (C=O) groups excluding carboxylic acids is 1. The molecular weight excluding hydrogens is 576 g/mol. The van der Waals surface area contributed by atoms with Crippen LogP contribution in [0, 0.1) is 0 Å². The summed E-state index contributed by atoms with van der Waals surface area (Å²) in [5.74, 6) is 0.952. The molecule has 1 atom stereocenters. The molecule has 0 bridgehead atoms. The number of rotatable bonds is 10. The van der Waals surface area contributed by atoms with Crippen LogP contribution in [0.3, 0.4) is 0 Å². The van der Waals surface area contributed by atoms with Gasteiger partial charge in [0.25, 0.3) is 5.56 Å². The SMILES string of the molecule is COCCOC(=O)C1=C(C)N=c2sc(=Cc3ccc(OCc4ccc(OC)cc4)cc3)c(=O)n2C1c1ccc(Cl)cc1. The lowest BCUT2D eigenvalue weighted by Gasteiger charge is -2.24. The standard InChI is InChI=1S/C32H29ClN2O6S/c1-20-28(31(37)40-17-16-38-2)29(23-8-10-24(33)11-9-23)35-30(36)27(42-32(35)34-20)18-21-4-14-26(15-5-21)41-19-22-6-12-25(39-3)13-7-22/h4-15,18,29H,16-17,19H2,1-3H3. The molecule has 0 saturated carbocycles. The minimum atomic E-state index is -0.718. The first-order chi connectivity index (χ1) is 20.4. The maximum Gasteiger partial charge on any atom is 0.338 e. The van der Waals surface area contributed by atoms with Crippen LogP contribution < -0.4 is 24.4 Å². The van der Waals surface area contributed by atoms with E-state index in [2.05, 4.69) is 4.99 Å². The van der Waals surface area contributed by atoms with E-state index >= 15 is 0 Å². The molecule has 1 aliphatic heterocycles. The average molecular weight is 605 g/mol. The molecule has 3 aromatic carbocycles. The molecule has 0 fully saturated rings. The van der Waals surface area contributed by atoms with Gasteiger partial charge in [-0.15, -0.1) is 0 Å². The Kier molecular flexibility index (Phi) is 9.22. The summed E-state index contributed by atoms with van der Waals surface area (Å²) in [6.07, 6.45) is 1.81. The van der Waals surface area contributed by atoms with Crippen molar-refractivity contribution in [2.45, 2.75) is 19.6 Å². The van der Waals surface area contributed by atoms with Gasteiger partial charge >= 0.3 is 5.97 Å². The predicted octanol–water partition coefficient (Wildman–Crippen LogP) is 4.67. The number of halogens is 1. The second kappa shape index (κ2) is 13.2. The molecule has 0 saturated heterocycles. The van der Waals surface area contributed by atoms with Crippen molar-refractivity contribution in [2.24, 2.45) is 4.99 Å². The van der Waals surface area contributed by atoms with Crippen LogP contribution in [-0.4, -0.2) is 38.0 Å². The van der Waals surface area contributed by atoms with Gasteiger partial charge in [0.1, 0.15) is 24.7 Å². The highest BCUT2D eigenvalue weighted by molar-refractivity contribution is 7.07. The van der Waals surface area contributed by atoms with E-state index < -0.39 is 12.0 Å². The third-order valence-corrected chi connectivity index (χ3v) is 7.93. The highest BCUT2D eigenvalue weighted by atomic mass is 35.5. The second-order valence-electron chi connectivity index (χ2n) is 9.47. The number of ether oxygens (including phenoxy) is 4. The number of fused-ring (bicyclic) bond motifs is 1. The summed E-state index contributed by atoms with van der Waals surface area (Å²) < 4.78 is 23.6. The lowest BCUT2D eigenvalue weighted by Crippen LogP contribution is -2.40. The fraction of sp³-hybridized carbons (Fsp3) is 0.219. The number of methoxy groups -OCH3 is 2. The summed E-state index contributed by atoms with van der Waals surface area (Å²) in [5, 5.41) is 0.549. The molecule has 1 aromatic heterocycles. The van der Waals surface area contributed by atoms with Gasteiger partial charge in [-0.1, -0.05) is 59.3 Å². The highest BCUT2D eigenvalue weighted by Gasteiger charge is 2.33. The summed E-state index contributed by atoms with van der Waals surface area (Å²) in [6.45, 7) is 2.51. The quantitative estimate of drug-likeness (QED) is 0.193. The van der Waals surface area contributed by atoms with Gasteiger partial charge < -0.3 is 18.9 Å². The van der Waals surface area contributed by atoms with Crippen molar-refractivity contribution in [1.82, 2.24) is 4.57 Å². The number of esters is 1. The van der Waals surface area contributed by atoms with Gasteiger partial charge in [0.2, 0.25) is 0 Å². The van der Waals surface area contributed by atoms with Crippen LogP contribution in [0.2, 0.25) is 5.02 Å². The van der Waals surface area contributed by atoms with Crippen molar-refractivity contribution in [2.75, 3.05) is 27.4 Å². The molecule has 216 valence electrons. The van der Waals surface area contributed by atoms with Gasteiger partial charge in [0.15, 0.2) is 4.80 Å². The molecule has 5 rings (SSSR count). The third-order valence-electron chi connectivity index (χ3n) is 6.69. The molecule has 0 amide bonds. The maximum atomic E-state index is 13.8. The van der Waals surface area contributed by atoms with E-state index in [-0.39, 0.29) is 18.8 Å². The van der Waals surface area contributed by atoms with Gasteiger partial charge in [-0.25, -0.2) is 9.79 Å². The Labute approximate surface area is 251 Å². The summed E-state index contributed by atoms with van der Waals surface area (Å²) >= 11 is 7.41. The first-order valence-electron chi connectivity index (χ1n) is 13.2. The molecule has 10 heteroatoms. The van der Waals surface area contributed by atoms with E-state index in [9.17, 15) is 9.59 Å². The zero-order chi connectivity index (χ0) is 29.6. The number of carbonyl (C=O) groups is 1. The number of allylic oxidation sites excluding steroid dienone is 1. The molecule has 1 aliphatic rings. The average Bonchev–Trinajstić information content (AvgIpc) is 3.30. The van der Waals surface area contributed by atoms with E-state index in [1.165, 1.54) is 18.4 Å². The molecule has 0 aliphatic carbocycles. The van der Waals surface area contributed by atoms with Gasteiger partial charge in [-0.2, -0.15) is 0 Å². The van der Waals surface area contributed by atoms with E-state index in [4.69, 9.17) is 30.5 Å². The Morgan fingerprint density at radius 3 is 2.33 bits per heavy atom. The predicted molar refractivity (Wildman–Crippen MR) is 162 cm³/mol. The number of nitrogens with zero attached hydrogens (tertiary/aromatic N) is 2. The molecular formula is C32H29ClN2O6S. The van der Waals surface area contributed by atoms with Crippen LogP contribution >= 0.6 is 22.9 Å². The lowest BCUT2D eigenvalue weighted by molar-refractivity contribution is -0.140. The second-order valence-corrected chi connectivity index (χ2v) is 10.9. The zero-order valence-corrected chi connectivity index (χ0v) is 24.9. The molecule has 4 aromatic rings. The largest absolute Gasteiger partial charge is 0.497 e. The fourth-order valence-electron chi connectivity index (χ4n) is 4.54. The first kappa shape index (κ1) is 29.3. The number of benzene rings is 3. The van der Waals surface area contributed by atoms with Crippen LogP contribution in [-0.2, 0) is 20.9 Å². The van der Waals surface area contributed by atoms with Crippen molar-refractivity contribution in [3.63, 3.8) is 0 Å². The Morgan fingerprint density at radius 2 is 1.67 bits per heavy atom. The number of thiazole rings is 1. The Bertz CT molecular complexity index is 1780. The van der Waals surface area contributed by atoms with Crippen molar-refractivity contribution >= 4 is 35.0 Å². The molecule has 0 spiro atoms. The van der Waals surface area contributed by atoms with Gasteiger partial charge in [-0.05, 0) is 66.1 Å². The molecule has 42 heavy (non-hydrogen) atoms. The van der Waals surface area contributed by atoms with Crippen molar-refractivity contribution in [3.8, 4) is 11.5 Å². The summed E-state index contributed by atoms with van der Waals surface area (Å²) in [5.41, 5.74) is 3.10. The highest BCUT2D eigenvalue weighted by Crippen LogP contribution is 2.31. The topological polar surface area (TPSA) is 88.4 Å². The zero-order valence-electron chi connectivity index (χ0n) is 23.3. The van der Waals surface area contributed by atoms with E-state index in [0.717, 1.165) is 22.4 Å². The van der Waals surface area contributed by atoms with Crippen molar-refractivity contribution in [3.05, 3.63) is 125 Å². The van der Waals surface area contributed by atoms with Crippen molar-refractivity contribution in [1.29, 1.82) is 0 Å². The minimum Gasteiger partial charge on any atom is -0.497 e. The van der Waals surface area contributed by atoms with Crippen LogP contribution in [0.25, 0.3) is 6.08 Å². The molecule has 1 unspecified atom stereocenters. The summed E-state index contributed by atoms with van der Waals surface area (Å²) in [6, 6.07) is 21.5. The summed E-state index contributed by atoms with van der Waals surface area (Å²) in [4.78, 5) is 32.1. The molecule has 0 radical (unpaired) electrons. The number of hydrogen-bond donors (Lipinski definition) is 0. The molecule has 0 N–H and O–H groups in total. The van der Waals surface area contributed by atoms with Gasteiger partial charge in [0.05, 0.1) is 35.6 Å². The number of aromatic nitrogens is 1. The first-order valence-corrected chi connectivity index (χ1v) is 14.4. The van der Waals surface area contributed by atoms with Crippen molar-refractivity contribution < 1.29 is 23.7 Å². The van der Waals surface area contributed by atoms with E-state index in [0.29, 0.717) is 38.0 Å². The summed E-state index contributed by atoms with van der Waals surface area (Å²) in [7, 11) is 3.16. The smallest absolute Gasteiger partial charge is 0.338 e. The van der Waals surface area contributed by atoms with Crippen LogP contribution in [0.4, 0.5) is 0 Å². The Balaban J connectivity index is 1.44. The van der Waals surface area contributed by atoms with E-state index in [1.807, 2.05) is 54.6 Å². The van der Waals surface area contributed by atoms with Crippen LogP contribution in [0.5, 0.6) is 11.5 Å². The third kappa shape index (κ3) is 6.49. The Morgan fingerprint density at radius 1 is 0.976 bits per heavy atom. The number of hydrogen-bond acceptors (Lipinski definition) is 8. The van der Waals surface area contributed by atoms with Crippen LogP contribution in [0.1, 0.15) is 29.7 Å². The lowest BCUT2D eigenvalue weighted by atomic mass is 9.96. The van der Waals surface area contributed by atoms with Gasteiger partial charge in [-0.3, -0.25) is 9.36 Å².